The Labute approximate surface area is 144 Å². The van der Waals surface area contributed by atoms with Crippen LogP contribution in [0.5, 0.6) is 0 Å². The van der Waals surface area contributed by atoms with Crippen molar-refractivity contribution in [2.45, 2.75) is 57.8 Å². The van der Waals surface area contributed by atoms with E-state index in [1.807, 2.05) is 12.1 Å². The molecule has 1 aromatic rings. The fraction of sp³-hybridized carbons (Fsp3) is 0.455. The highest BCUT2D eigenvalue weighted by Crippen LogP contribution is 2.36. The fourth-order valence-electron chi connectivity index (χ4n) is 4.27. The van der Waals surface area contributed by atoms with E-state index in [1.54, 1.807) is 5.57 Å². The van der Waals surface area contributed by atoms with Crippen molar-refractivity contribution in [2.24, 2.45) is 5.92 Å². The van der Waals surface area contributed by atoms with E-state index in [1.165, 1.54) is 43.2 Å². The fourth-order valence-corrected chi connectivity index (χ4v) is 4.27. The Hall–Kier alpha value is -1.96. The van der Waals surface area contributed by atoms with Gasteiger partial charge in [0, 0.05) is 10.9 Å². The van der Waals surface area contributed by atoms with Gasteiger partial charge < -0.3 is 0 Å². The third-order valence-corrected chi connectivity index (χ3v) is 5.62. The van der Waals surface area contributed by atoms with E-state index in [0.29, 0.717) is 0 Å². The van der Waals surface area contributed by atoms with Gasteiger partial charge in [-0.2, -0.15) is 0 Å². The van der Waals surface area contributed by atoms with Gasteiger partial charge in [0.05, 0.1) is 5.56 Å². The monoisotopic (exact) mass is 321 g/mol. The minimum atomic E-state index is -0.0406. The Morgan fingerprint density at radius 2 is 1.58 bits per heavy atom. The number of hydrogen-bond donors (Lipinski definition) is 0. The highest BCUT2D eigenvalue weighted by atomic mass is 16.5. The highest BCUT2D eigenvalue weighted by molar-refractivity contribution is 6.14. The average molecular weight is 321 g/mol. The maximum Gasteiger partial charge on any atom is 0.583 e. The zero-order valence-corrected chi connectivity index (χ0v) is 14.2. The van der Waals surface area contributed by atoms with Gasteiger partial charge in [-0.1, -0.05) is 43.0 Å². The van der Waals surface area contributed by atoms with Crippen LogP contribution in [0.4, 0.5) is 0 Å². The molecule has 0 unspecified atom stereocenters. The molecule has 3 aliphatic rings. The second kappa shape index (κ2) is 6.88. The van der Waals surface area contributed by atoms with Gasteiger partial charge in [0.15, 0.2) is 0 Å². The molecule has 0 aromatic heterocycles. The van der Waals surface area contributed by atoms with E-state index >= 15 is 0 Å². The third kappa shape index (κ3) is 3.02. The van der Waals surface area contributed by atoms with E-state index in [2.05, 4.69) is 24.3 Å². The van der Waals surface area contributed by atoms with Crippen molar-refractivity contribution in [3.05, 3.63) is 53.1 Å². The lowest BCUT2D eigenvalue weighted by Crippen LogP contribution is -2.19. The molecule has 4 rings (SSSR count). The van der Waals surface area contributed by atoms with Gasteiger partial charge in [0.2, 0.25) is 0 Å². The predicted molar refractivity (Wildman–Crippen MR) is 96.9 cm³/mol. The Morgan fingerprint density at radius 3 is 2.33 bits per heavy atom. The first-order chi connectivity index (χ1) is 11.8. The van der Waals surface area contributed by atoms with Crippen molar-refractivity contribution < 1.29 is 9.22 Å². The van der Waals surface area contributed by atoms with Gasteiger partial charge >= 0.3 is 5.97 Å². The van der Waals surface area contributed by atoms with Crippen molar-refractivity contribution in [1.82, 2.24) is 0 Å². The number of rotatable bonds is 1. The molecule has 0 spiro atoms. The molecule has 0 atom stereocenters. The Morgan fingerprint density at radius 1 is 0.875 bits per heavy atom. The molecule has 0 heterocycles. The Bertz CT molecular complexity index is 722. The summed E-state index contributed by atoms with van der Waals surface area (Å²) in [6.45, 7) is 0. The molecule has 0 aliphatic heterocycles. The number of ketones is 1. The van der Waals surface area contributed by atoms with Gasteiger partial charge in [0.25, 0.3) is 5.78 Å². The van der Waals surface area contributed by atoms with Crippen LogP contribution in [-0.2, 0) is 4.79 Å². The number of fused-ring (bicyclic) bond motifs is 1. The van der Waals surface area contributed by atoms with Crippen LogP contribution in [0.15, 0.2) is 42.0 Å². The molecule has 124 valence electrons. The molecule has 2 saturated carbocycles. The van der Waals surface area contributed by atoms with Crippen LogP contribution in [0, 0.1) is 5.92 Å². The van der Waals surface area contributed by atoms with Crippen LogP contribution in [0.2, 0.25) is 0 Å². The van der Waals surface area contributed by atoms with Crippen LogP contribution < -0.4 is 0 Å². The van der Waals surface area contributed by atoms with Crippen molar-refractivity contribution in [3.8, 4) is 0 Å². The number of carbonyl (C=O) groups is 1. The van der Waals surface area contributed by atoms with E-state index in [4.69, 9.17) is 4.42 Å². The van der Waals surface area contributed by atoms with Gasteiger partial charge in [-0.3, -0.25) is 4.42 Å². The number of allylic oxidation sites excluding steroid dienone is 4. The van der Waals surface area contributed by atoms with Crippen molar-refractivity contribution in [1.29, 1.82) is 0 Å². The molecule has 1 aromatic carbocycles. The van der Waals surface area contributed by atoms with Crippen molar-refractivity contribution in [3.63, 3.8) is 0 Å². The van der Waals surface area contributed by atoms with Gasteiger partial charge in [-0.15, -0.1) is 0 Å². The molecule has 2 fully saturated rings. The first-order valence-corrected chi connectivity index (χ1v) is 9.41. The van der Waals surface area contributed by atoms with Crippen LogP contribution in [-0.4, -0.2) is 11.8 Å². The van der Waals surface area contributed by atoms with Crippen molar-refractivity contribution >= 4 is 17.3 Å². The lowest BCUT2D eigenvalue weighted by molar-refractivity contribution is -0.251. The number of carbonyl (C=O) groups excluding carboxylic acids is 2. The average Bonchev–Trinajstić information content (AvgIpc) is 3.17. The standard InChI is InChI=1S/C22H25O2/c23-22(17-10-2-1-3-11-17)24-21-15-14-18(16-8-4-5-9-16)19-12-6-7-13-20(19)21/h6-7,12-15,17H,1-5,8-11H2/q+1. The van der Waals surface area contributed by atoms with Gasteiger partial charge in [-0.25, -0.2) is 0 Å². The summed E-state index contributed by atoms with van der Waals surface area (Å²) in [7, 11) is 0. The van der Waals surface area contributed by atoms with E-state index in [0.717, 1.165) is 37.0 Å². The quantitative estimate of drug-likeness (QED) is 0.636. The minimum absolute atomic E-state index is 0.0406. The van der Waals surface area contributed by atoms with Crippen molar-refractivity contribution in [2.75, 3.05) is 0 Å². The molecule has 3 aliphatic carbocycles. The minimum Gasteiger partial charge on any atom is -0.271 e. The topological polar surface area (TPSA) is 28.4 Å². The summed E-state index contributed by atoms with van der Waals surface area (Å²) in [5.41, 5.74) is 5.19. The molecular formula is C22H25O2+. The third-order valence-electron chi connectivity index (χ3n) is 5.62. The van der Waals surface area contributed by atoms with Gasteiger partial charge in [-0.05, 0) is 61.8 Å². The molecule has 2 nitrogen and oxygen atoms in total. The van der Waals surface area contributed by atoms with Gasteiger partial charge in [0.1, 0.15) is 5.92 Å². The maximum atomic E-state index is 12.5. The summed E-state index contributed by atoms with van der Waals surface area (Å²) in [5, 5.41) is 0. The van der Waals surface area contributed by atoms with Crippen LogP contribution in [0.1, 0.15) is 73.3 Å². The molecular weight excluding hydrogens is 296 g/mol. The molecule has 0 bridgehead atoms. The predicted octanol–water partition coefficient (Wildman–Crippen LogP) is 5.41. The summed E-state index contributed by atoms with van der Waals surface area (Å²) in [6.07, 6.45) is 14.7. The Kier molecular flexibility index (Phi) is 4.46. The van der Waals surface area contributed by atoms with E-state index in [9.17, 15) is 4.79 Å². The van der Waals surface area contributed by atoms with Crippen LogP contribution in [0.25, 0.3) is 5.57 Å². The lowest BCUT2D eigenvalue weighted by atomic mass is 9.88. The summed E-state index contributed by atoms with van der Waals surface area (Å²) in [4.78, 5) is 12.5. The smallest absolute Gasteiger partial charge is 0.271 e. The van der Waals surface area contributed by atoms with E-state index < -0.39 is 0 Å². The Balaban J connectivity index is 1.68. The molecule has 24 heavy (non-hydrogen) atoms. The van der Waals surface area contributed by atoms with E-state index in [-0.39, 0.29) is 11.9 Å². The number of benzene rings is 1. The normalized spacial score (nSPS) is 22.9. The summed E-state index contributed by atoms with van der Waals surface area (Å²) < 4.78 is 5.84. The summed E-state index contributed by atoms with van der Waals surface area (Å²) >= 11 is 0. The summed E-state index contributed by atoms with van der Waals surface area (Å²) in [6, 6.07) is 8.35. The first kappa shape index (κ1) is 15.6. The SMILES string of the molecule is O=C([O+]=C1C=CC(=C2CCCC2)c2ccccc21)C1CCCCC1. The molecule has 0 saturated heterocycles. The lowest BCUT2D eigenvalue weighted by Gasteiger charge is -2.16. The zero-order chi connectivity index (χ0) is 16.4. The second-order valence-electron chi connectivity index (χ2n) is 7.22. The summed E-state index contributed by atoms with van der Waals surface area (Å²) in [5.74, 6) is 0.769. The second-order valence-corrected chi connectivity index (χ2v) is 7.22. The highest BCUT2D eigenvalue weighted by Gasteiger charge is 2.33. The first-order valence-electron chi connectivity index (χ1n) is 9.41. The molecule has 0 radical (unpaired) electrons. The van der Waals surface area contributed by atoms with Crippen LogP contribution in [0.3, 0.4) is 0 Å². The number of hydrogen-bond acceptors (Lipinski definition) is 1. The molecule has 0 N–H and O–H groups in total. The zero-order valence-electron chi connectivity index (χ0n) is 14.2. The largest absolute Gasteiger partial charge is 0.583 e. The van der Waals surface area contributed by atoms with Crippen LogP contribution >= 0.6 is 0 Å². The molecule has 2 heteroatoms. The molecule has 0 amide bonds. The maximum absolute atomic E-state index is 12.5.